The fraction of sp³-hybridized carbons (Fsp3) is 0.176. The molecule has 0 radical (unpaired) electrons. The molecule has 0 fully saturated rings. The van der Waals surface area contributed by atoms with Crippen LogP contribution >= 0.6 is 22.7 Å². The summed E-state index contributed by atoms with van der Waals surface area (Å²) in [4.78, 5) is 16.3. The summed E-state index contributed by atoms with van der Waals surface area (Å²) in [6, 6.07) is 7.53. The van der Waals surface area contributed by atoms with E-state index in [0.29, 0.717) is 11.7 Å². The number of aromatic nitrogens is 3. The van der Waals surface area contributed by atoms with Crippen molar-refractivity contribution in [1.82, 2.24) is 15.2 Å². The maximum atomic E-state index is 11.9. The average molecular weight is 372 g/mol. The molecular formula is C17H16N4O2S2. The zero-order valence-electron chi connectivity index (χ0n) is 13.7. The van der Waals surface area contributed by atoms with Gasteiger partial charge in [0.25, 0.3) is 0 Å². The van der Waals surface area contributed by atoms with Crippen LogP contribution in [0.4, 0.5) is 5.13 Å². The molecule has 3 aromatic rings. The van der Waals surface area contributed by atoms with Gasteiger partial charge in [-0.25, -0.2) is 4.98 Å². The van der Waals surface area contributed by atoms with Crippen molar-refractivity contribution >= 4 is 39.8 Å². The lowest BCUT2D eigenvalue weighted by Crippen LogP contribution is -2.07. The van der Waals surface area contributed by atoms with Crippen LogP contribution in [0.15, 0.2) is 35.7 Å². The number of rotatable bonds is 6. The molecule has 0 aliphatic heterocycles. The Morgan fingerprint density at radius 2 is 2.16 bits per heavy atom. The molecule has 0 bridgehead atoms. The van der Waals surface area contributed by atoms with E-state index in [0.717, 1.165) is 27.0 Å². The van der Waals surface area contributed by atoms with Gasteiger partial charge in [0.2, 0.25) is 11.0 Å². The van der Waals surface area contributed by atoms with Crippen LogP contribution in [0.3, 0.4) is 0 Å². The molecule has 1 amide bonds. The van der Waals surface area contributed by atoms with Gasteiger partial charge in [-0.3, -0.25) is 10.1 Å². The van der Waals surface area contributed by atoms with E-state index in [1.54, 1.807) is 17.4 Å². The van der Waals surface area contributed by atoms with Crippen molar-refractivity contribution in [3.8, 4) is 5.75 Å². The Bertz CT molecular complexity index is 901. The van der Waals surface area contributed by atoms with E-state index in [4.69, 9.17) is 4.74 Å². The minimum absolute atomic E-state index is 0.250. The molecule has 1 aromatic carbocycles. The summed E-state index contributed by atoms with van der Waals surface area (Å²) in [5.74, 6) is 0.480. The van der Waals surface area contributed by atoms with Gasteiger partial charge in [-0.1, -0.05) is 23.5 Å². The topological polar surface area (TPSA) is 77.0 Å². The van der Waals surface area contributed by atoms with Crippen LogP contribution < -0.4 is 10.1 Å². The zero-order valence-corrected chi connectivity index (χ0v) is 15.4. The molecule has 25 heavy (non-hydrogen) atoms. The van der Waals surface area contributed by atoms with Crippen molar-refractivity contribution in [2.75, 3.05) is 5.32 Å². The summed E-state index contributed by atoms with van der Waals surface area (Å²) in [6.07, 6.45) is 3.18. The highest BCUT2D eigenvalue weighted by atomic mass is 32.1. The summed E-state index contributed by atoms with van der Waals surface area (Å²) in [5, 5.41) is 14.7. The molecule has 0 saturated heterocycles. The molecule has 1 N–H and O–H groups in total. The molecule has 8 heteroatoms. The monoisotopic (exact) mass is 372 g/mol. The fourth-order valence-corrected chi connectivity index (χ4v) is 3.20. The van der Waals surface area contributed by atoms with Gasteiger partial charge in [0.05, 0.1) is 10.7 Å². The lowest BCUT2D eigenvalue weighted by molar-refractivity contribution is -0.111. The van der Waals surface area contributed by atoms with Crippen molar-refractivity contribution in [1.29, 1.82) is 0 Å². The summed E-state index contributed by atoms with van der Waals surface area (Å²) in [6.45, 7) is 4.23. The first-order chi connectivity index (χ1) is 12.1. The standard InChI is InChI=1S/C17H16N4O2S2/c1-11-18-14(10-24-11)9-23-15-5-3-4-13(8-15)6-7-16(22)19-17-21-20-12(2)25-17/h3-8,10H,9H2,1-2H3,(H,19,21,22)/b7-6+. The van der Waals surface area contributed by atoms with Crippen LogP contribution in [0, 0.1) is 13.8 Å². The van der Waals surface area contributed by atoms with E-state index in [1.807, 2.05) is 43.5 Å². The van der Waals surface area contributed by atoms with Gasteiger partial charge in [0.15, 0.2) is 0 Å². The van der Waals surface area contributed by atoms with Gasteiger partial charge in [0, 0.05) is 11.5 Å². The van der Waals surface area contributed by atoms with Crippen molar-refractivity contribution < 1.29 is 9.53 Å². The molecule has 6 nitrogen and oxygen atoms in total. The predicted octanol–water partition coefficient (Wildman–Crippen LogP) is 3.84. The Kier molecular flexibility index (Phi) is 5.52. The van der Waals surface area contributed by atoms with Crippen LogP contribution in [0.2, 0.25) is 0 Å². The number of anilines is 1. The molecule has 0 spiro atoms. The number of nitrogens with zero attached hydrogens (tertiary/aromatic N) is 3. The van der Waals surface area contributed by atoms with Crippen molar-refractivity contribution in [2.45, 2.75) is 20.5 Å². The molecule has 2 heterocycles. The quantitative estimate of drug-likeness (QED) is 0.665. The lowest BCUT2D eigenvalue weighted by atomic mass is 10.2. The second-order valence-corrected chi connectivity index (χ2v) is 7.41. The average Bonchev–Trinajstić information content (AvgIpc) is 3.19. The number of carbonyl (C=O) groups is 1. The van der Waals surface area contributed by atoms with Crippen LogP contribution in [0.5, 0.6) is 5.75 Å². The third-order valence-corrected chi connectivity index (χ3v) is 4.67. The largest absolute Gasteiger partial charge is 0.487 e. The van der Waals surface area contributed by atoms with Gasteiger partial charge in [-0.15, -0.1) is 21.5 Å². The Hall–Kier alpha value is -2.58. The fourth-order valence-electron chi connectivity index (χ4n) is 2.01. The Morgan fingerprint density at radius 3 is 2.88 bits per heavy atom. The second-order valence-electron chi connectivity index (χ2n) is 5.17. The summed E-state index contributed by atoms with van der Waals surface area (Å²) in [5.41, 5.74) is 1.78. The highest BCUT2D eigenvalue weighted by Crippen LogP contribution is 2.18. The maximum absolute atomic E-state index is 11.9. The number of amides is 1. The number of ether oxygens (including phenoxy) is 1. The van der Waals surface area contributed by atoms with Crippen LogP contribution in [0.1, 0.15) is 21.3 Å². The van der Waals surface area contributed by atoms with Crippen molar-refractivity contribution in [2.24, 2.45) is 0 Å². The maximum Gasteiger partial charge on any atom is 0.250 e. The molecule has 0 atom stereocenters. The van der Waals surface area contributed by atoms with E-state index in [2.05, 4.69) is 20.5 Å². The zero-order chi connectivity index (χ0) is 17.6. The highest BCUT2D eigenvalue weighted by molar-refractivity contribution is 7.15. The van der Waals surface area contributed by atoms with E-state index >= 15 is 0 Å². The SMILES string of the molecule is Cc1nc(COc2cccc(/C=C/C(=O)Nc3nnc(C)s3)c2)cs1. The summed E-state index contributed by atoms with van der Waals surface area (Å²) >= 11 is 2.93. The highest BCUT2D eigenvalue weighted by Gasteiger charge is 2.04. The smallest absolute Gasteiger partial charge is 0.250 e. The predicted molar refractivity (Wildman–Crippen MR) is 99.9 cm³/mol. The van der Waals surface area contributed by atoms with E-state index in [1.165, 1.54) is 17.4 Å². The normalized spacial score (nSPS) is 11.0. The third kappa shape index (κ3) is 5.20. The molecule has 3 rings (SSSR count). The lowest BCUT2D eigenvalue weighted by Gasteiger charge is -2.05. The number of benzene rings is 1. The third-order valence-electron chi connectivity index (χ3n) is 3.09. The molecule has 0 unspecified atom stereocenters. The summed E-state index contributed by atoms with van der Waals surface area (Å²) < 4.78 is 5.74. The van der Waals surface area contributed by atoms with E-state index in [9.17, 15) is 4.79 Å². The Labute approximate surface area is 153 Å². The number of nitrogens with one attached hydrogen (secondary N) is 1. The number of hydrogen-bond acceptors (Lipinski definition) is 7. The molecule has 2 aromatic heterocycles. The first-order valence-electron chi connectivity index (χ1n) is 7.51. The first-order valence-corrected chi connectivity index (χ1v) is 9.21. The van der Waals surface area contributed by atoms with Gasteiger partial charge in [-0.2, -0.15) is 0 Å². The van der Waals surface area contributed by atoms with Gasteiger partial charge in [-0.05, 0) is 37.6 Å². The molecule has 0 aliphatic rings. The molecule has 0 aliphatic carbocycles. The number of aryl methyl sites for hydroxylation is 2. The Balaban J connectivity index is 1.57. The Morgan fingerprint density at radius 1 is 1.28 bits per heavy atom. The minimum Gasteiger partial charge on any atom is -0.487 e. The molecule has 128 valence electrons. The van der Waals surface area contributed by atoms with Gasteiger partial charge < -0.3 is 4.74 Å². The van der Waals surface area contributed by atoms with Crippen molar-refractivity contribution in [3.05, 3.63) is 57.0 Å². The second kappa shape index (κ2) is 8.00. The van der Waals surface area contributed by atoms with Gasteiger partial charge >= 0.3 is 0 Å². The van der Waals surface area contributed by atoms with E-state index < -0.39 is 0 Å². The van der Waals surface area contributed by atoms with Crippen LogP contribution in [0.25, 0.3) is 6.08 Å². The van der Waals surface area contributed by atoms with E-state index in [-0.39, 0.29) is 5.91 Å². The number of carbonyl (C=O) groups excluding carboxylic acids is 1. The first kappa shape index (κ1) is 17.2. The van der Waals surface area contributed by atoms with Crippen LogP contribution in [-0.2, 0) is 11.4 Å². The molecular weight excluding hydrogens is 356 g/mol. The van der Waals surface area contributed by atoms with Crippen LogP contribution in [-0.4, -0.2) is 21.1 Å². The minimum atomic E-state index is -0.250. The van der Waals surface area contributed by atoms with Crippen molar-refractivity contribution in [3.63, 3.8) is 0 Å². The number of hydrogen-bond donors (Lipinski definition) is 1. The number of thiazole rings is 1. The summed E-state index contributed by atoms with van der Waals surface area (Å²) in [7, 11) is 0. The molecule has 0 saturated carbocycles. The van der Waals surface area contributed by atoms with Gasteiger partial charge in [0.1, 0.15) is 17.4 Å².